The van der Waals surface area contributed by atoms with E-state index in [1.807, 2.05) is 12.1 Å². The second-order valence-corrected chi connectivity index (χ2v) is 8.16. The number of fused-ring (bicyclic) bond motifs is 3. The van der Waals surface area contributed by atoms with Gasteiger partial charge in [-0.25, -0.2) is 4.98 Å². The van der Waals surface area contributed by atoms with Crippen LogP contribution in [-0.2, 0) is 4.79 Å². The zero-order valence-electron chi connectivity index (χ0n) is 14.3. The predicted octanol–water partition coefficient (Wildman–Crippen LogP) is 6.27. The van der Waals surface area contributed by atoms with Gasteiger partial charge in [-0.15, -0.1) is 0 Å². The summed E-state index contributed by atoms with van der Waals surface area (Å²) in [6, 6.07) is 17.3. The van der Waals surface area contributed by atoms with Crippen molar-refractivity contribution >= 4 is 56.3 Å². The van der Waals surface area contributed by atoms with Crippen molar-refractivity contribution in [3.63, 3.8) is 0 Å². The molecular weight excluding hydrogens is 415 g/mol. The van der Waals surface area contributed by atoms with Crippen molar-refractivity contribution in [1.29, 1.82) is 0 Å². The van der Waals surface area contributed by atoms with Gasteiger partial charge in [0, 0.05) is 16.1 Å². The Labute approximate surface area is 174 Å². The second-order valence-electron chi connectivity index (χ2n) is 6.32. The van der Waals surface area contributed by atoms with E-state index in [0.717, 1.165) is 21.7 Å². The zero-order valence-corrected chi connectivity index (χ0v) is 16.7. The first-order valence-corrected chi connectivity index (χ1v) is 10.1. The molecule has 28 heavy (non-hydrogen) atoms. The average molecular weight is 427 g/mol. The van der Waals surface area contributed by atoms with Crippen LogP contribution < -0.4 is 10.1 Å². The highest BCUT2D eigenvalue weighted by atomic mass is 35.5. The van der Waals surface area contributed by atoms with Gasteiger partial charge in [-0.3, -0.25) is 10.1 Å². The van der Waals surface area contributed by atoms with E-state index in [0.29, 0.717) is 20.9 Å². The quantitative estimate of drug-likeness (QED) is 0.368. The number of aromatic nitrogens is 1. The number of benzene rings is 3. The number of nitrogens with one attached hydrogen (secondary N) is 1. The van der Waals surface area contributed by atoms with Gasteiger partial charge in [-0.05, 0) is 29.0 Å². The molecule has 0 bridgehead atoms. The summed E-state index contributed by atoms with van der Waals surface area (Å²) >= 11 is 13.4. The molecule has 1 aliphatic carbocycles. The molecule has 1 aliphatic rings. The lowest BCUT2D eigenvalue weighted by molar-refractivity contribution is -0.118. The second kappa shape index (κ2) is 6.78. The lowest BCUT2D eigenvalue weighted by Crippen LogP contribution is -2.20. The highest BCUT2D eigenvalue weighted by Crippen LogP contribution is 2.50. The third-order valence-corrected chi connectivity index (χ3v) is 6.07. The van der Waals surface area contributed by atoms with E-state index >= 15 is 0 Å². The minimum absolute atomic E-state index is 0.169. The first-order valence-electron chi connectivity index (χ1n) is 8.51. The van der Waals surface area contributed by atoms with Crippen molar-refractivity contribution in [3.8, 4) is 27.4 Å². The fourth-order valence-corrected chi connectivity index (χ4v) is 4.85. The maximum atomic E-state index is 12.3. The van der Waals surface area contributed by atoms with Gasteiger partial charge in [-0.2, -0.15) is 0 Å². The van der Waals surface area contributed by atoms with Gasteiger partial charge in [-0.1, -0.05) is 70.9 Å². The molecule has 4 aromatic rings. The van der Waals surface area contributed by atoms with Crippen LogP contribution in [0.2, 0.25) is 10.0 Å². The van der Waals surface area contributed by atoms with E-state index in [9.17, 15) is 4.79 Å². The van der Waals surface area contributed by atoms with Crippen molar-refractivity contribution in [2.24, 2.45) is 0 Å². The molecule has 0 radical (unpaired) electrons. The molecule has 3 aromatic carbocycles. The highest BCUT2D eigenvalue weighted by molar-refractivity contribution is 7.20. The van der Waals surface area contributed by atoms with E-state index in [4.69, 9.17) is 27.9 Å². The maximum absolute atomic E-state index is 12.3. The fraction of sp³-hybridized carbons (Fsp3) is 0.0476. The summed E-state index contributed by atoms with van der Waals surface area (Å²) in [5.41, 5.74) is 3.17. The molecule has 0 unspecified atom stereocenters. The number of anilines is 1. The summed E-state index contributed by atoms with van der Waals surface area (Å²) in [6.45, 7) is -0.169. The summed E-state index contributed by atoms with van der Waals surface area (Å²) in [7, 11) is 0. The molecule has 0 spiro atoms. The molecule has 0 saturated heterocycles. The summed E-state index contributed by atoms with van der Waals surface area (Å²) in [5.74, 6) is 0.105. The molecule has 7 heteroatoms. The number of hydrogen-bond donors (Lipinski definition) is 1. The van der Waals surface area contributed by atoms with Crippen LogP contribution in [0.5, 0.6) is 5.75 Å². The van der Waals surface area contributed by atoms with Crippen LogP contribution in [0.3, 0.4) is 0 Å². The van der Waals surface area contributed by atoms with Crippen LogP contribution in [0.1, 0.15) is 0 Å². The van der Waals surface area contributed by atoms with Gasteiger partial charge in [0.15, 0.2) is 11.7 Å². The van der Waals surface area contributed by atoms with Crippen LogP contribution in [0.25, 0.3) is 32.5 Å². The molecule has 0 atom stereocenters. The van der Waals surface area contributed by atoms with Crippen molar-refractivity contribution < 1.29 is 9.53 Å². The van der Waals surface area contributed by atoms with Gasteiger partial charge in [0.2, 0.25) is 0 Å². The Morgan fingerprint density at radius 2 is 1.86 bits per heavy atom. The molecule has 0 saturated carbocycles. The molecule has 1 heterocycles. The van der Waals surface area contributed by atoms with Crippen molar-refractivity contribution in [2.45, 2.75) is 0 Å². The lowest BCUT2D eigenvalue weighted by Gasteiger charge is -2.08. The molecule has 138 valence electrons. The minimum atomic E-state index is -0.301. The third-order valence-electron chi connectivity index (χ3n) is 4.53. The van der Waals surface area contributed by atoms with E-state index in [2.05, 4.69) is 34.6 Å². The number of halogens is 2. The topological polar surface area (TPSA) is 51.2 Å². The van der Waals surface area contributed by atoms with E-state index in [1.165, 1.54) is 22.1 Å². The monoisotopic (exact) mass is 426 g/mol. The molecule has 1 N–H and O–H groups in total. The number of hydrogen-bond acceptors (Lipinski definition) is 4. The van der Waals surface area contributed by atoms with Gasteiger partial charge in [0.1, 0.15) is 5.75 Å². The van der Waals surface area contributed by atoms with Gasteiger partial charge < -0.3 is 4.74 Å². The van der Waals surface area contributed by atoms with Crippen molar-refractivity contribution in [3.05, 3.63) is 64.6 Å². The maximum Gasteiger partial charge on any atom is 0.264 e. The largest absolute Gasteiger partial charge is 0.482 e. The van der Waals surface area contributed by atoms with Gasteiger partial charge in [0.05, 0.1) is 15.6 Å². The SMILES string of the molecule is O=C(COc1ccc(Cl)cc1Cl)Nc1nc2c(s1)-c1cccc3cccc-2c13. The Balaban J connectivity index is 1.34. The average Bonchev–Trinajstić information content (AvgIpc) is 3.21. The number of ether oxygens (including phenoxy) is 1. The number of carbonyl (C=O) groups is 1. The molecule has 1 aromatic heterocycles. The molecule has 1 amide bonds. The van der Waals surface area contributed by atoms with Crippen LogP contribution in [0.4, 0.5) is 5.13 Å². The molecule has 0 fully saturated rings. The van der Waals surface area contributed by atoms with Crippen LogP contribution >= 0.6 is 34.5 Å². The van der Waals surface area contributed by atoms with Gasteiger partial charge in [0.25, 0.3) is 5.91 Å². The Morgan fingerprint density at radius 1 is 1.07 bits per heavy atom. The summed E-state index contributed by atoms with van der Waals surface area (Å²) < 4.78 is 5.48. The van der Waals surface area contributed by atoms with Crippen LogP contribution in [0.15, 0.2) is 54.6 Å². The fourth-order valence-electron chi connectivity index (χ4n) is 3.36. The Kier molecular flexibility index (Phi) is 4.23. The molecular formula is C21H12Cl2N2O2S. The highest BCUT2D eigenvalue weighted by Gasteiger charge is 2.26. The lowest BCUT2D eigenvalue weighted by atomic mass is 10.0. The summed E-state index contributed by atoms with van der Waals surface area (Å²) in [6.07, 6.45) is 0. The van der Waals surface area contributed by atoms with E-state index < -0.39 is 0 Å². The predicted molar refractivity (Wildman–Crippen MR) is 115 cm³/mol. The minimum Gasteiger partial charge on any atom is -0.482 e. The molecule has 4 nitrogen and oxygen atoms in total. The zero-order chi connectivity index (χ0) is 19.3. The number of thiazole rings is 1. The molecule has 0 aliphatic heterocycles. The van der Waals surface area contributed by atoms with Crippen molar-refractivity contribution in [1.82, 2.24) is 4.98 Å². The standard InChI is InChI=1S/C21H12Cl2N2O2S/c22-12-7-8-16(15(23)9-12)27-10-17(26)24-21-25-19-13-5-1-3-11-4-2-6-14(18(11)13)20(19)28-21/h1-9H,10H2,(H,24,25,26). The van der Waals surface area contributed by atoms with E-state index in [1.54, 1.807) is 18.2 Å². The van der Waals surface area contributed by atoms with E-state index in [-0.39, 0.29) is 12.5 Å². The first-order chi connectivity index (χ1) is 13.6. The van der Waals surface area contributed by atoms with Crippen LogP contribution in [0, 0.1) is 0 Å². The number of amides is 1. The smallest absolute Gasteiger partial charge is 0.264 e. The Bertz CT molecular complexity index is 1200. The number of nitrogens with zero attached hydrogens (tertiary/aromatic N) is 1. The third kappa shape index (κ3) is 2.92. The summed E-state index contributed by atoms with van der Waals surface area (Å²) in [4.78, 5) is 18.0. The van der Waals surface area contributed by atoms with Crippen LogP contribution in [-0.4, -0.2) is 17.5 Å². The first kappa shape index (κ1) is 17.5. The Morgan fingerprint density at radius 3 is 2.64 bits per heavy atom. The number of carbonyl (C=O) groups excluding carboxylic acids is 1. The normalized spacial score (nSPS) is 11.5. The van der Waals surface area contributed by atoms with Crippen molar-refractivity contribution in [2.75, 3.05) is 11.9 Å². The number of rotatable bonds is 4. The summed E-state index contributed by atoms with van der Waals surface area (Å²) in [5, 5.41) is 6.64. The van der Waals surface area contributed by atoms with Gasteiger partial charge >= 0.3 is 0 Å². The molecule has 5 rings (SSSR count). The Hall–Kier alpha value is -2.60.